The van der Waals surface area contributed by atoms with Gasteiger partial charge in [0.25, 0.3) is 0 Å². The second kappa shape index (κ2) is 8.68. The van der Waals surface area contributed by atoms with E-state index in [-0.39, 0.29) is 6.61 Å². The number of hydrogen-bond acceptors (Lipinski definition) is 3. The van der Waals surface area contributed by atoms with Crippen molar-refractivity contribution in [2.24, 2.45) is 0 Å². The molecule has 0 bridgehead atoms. The minimum absolute atomic E-state index is 0.248. The maximum absolute atomic E-state index is 13.3. The molecule has 0 unspecified atom stereocenters. The number of halogens is 1. The Morgan fingerprint density at radius 1 is 1.30 bits per heavy atom. The summed E-state index contributed by atoms with van der Waals surface area (Å²) < 4.78 is 18.4. The summed E-state index contributed by atoms with van der Waals surface area (Å²) in [5.41, 5.74) is 2.24. The van der Waals surface area contributed by atoms with Crippen LogP contribution in [0.5, 0.6) is 0 Å². The lowest BCUT2D eigenvalue weighted by molar-refractivity contribution is 0.140. The topological polar surface area (TPSA) is 51.2 Å². The molecule has 0 saturated heterocycles. The van der Waals surface area contributed by atoms with Crippen LogP contribution in [0.25, 0.3) is 6.08 Å². The van der Waals surface area contributed by atoms with Crippen LogP contribution in [0.3, 0.4) is 0 Å². The highest BCUT2D eigenvalue weighted by Gasteiger charge is 2.02. The summed E-state index contributed by atoms with van der Waals surface area (Å²) in [6, 6.07) is 11.2. The molecule has 2 rings (SSSR count). The van der Waals surface area contributed by atoms with E-state index >= 15 is 0 Å². The zero-order valence-electron chi connectivity index (χ0n) is 13.0. The number of rotatable bonds is 6. The van der Waals surface area contributed by atoms with Gasteiger partial charge in [-0.1, -0.05) is 42.5 Å². The number of hydrogen-bond donors (Lipinski definition) is 1. The van der Waals surface area contributed by atoms with Crippen LogP contribution in [0.4, 0.5) is 9.18 Å². The molecule has 23 heavy (non-hydrogen) atoms. The quantitative estimate of drug-likeness (QED) is 0.650. The fraction of sp³-hybridized carbons (Fsp3) is 0.222. The van der Waals surface area contributed by atoms with Crippen molar-refractivity contribution < 1.29 is 13.9 Å². The Balaban J connectivity index is 1.67. The van der Waals surface area contributed by atoms with E-state index in [4.69, 9.17) is 4.74 Å². The third kappa shape index (κ3) is 5.54. The van der Waals surface area contributed by atoms with Gasteiger partial charge in [0.1, 0.15) is 6.61 Å². The summed E-state index contributed by atoms with van der Waals surface area (Å²) in [6.07, 6.45) is 5.30. The third-order valence-corrected chi connectivity index (χ3v) is 3.27. The van der Waals surface area contributed by atoms with Crippen molar-refractivity contribution in [2.75, 3.05) is 6.54 Å². The average Bonchev–Trinajstić information content (AvgIpc) is 2.57. The molecule has 2 aromatic rings. The molecule has 5 heteroatoms. The van der Waals surface area contributed by atoms with Crippen molar-refractivity contribution in [3.8, 4) is 0 Å². The van der Waals surface area contributed by atoms with Gasteiger partial charge in [0.05, 0.1) is 0 Å². The second-order valence-electron chi connectivity index (χ2n) is 5.00. The van der Waals surface area contributed by atoms with Crippen molar-refractivity contribution in [3.05, 3.63) is 71.3 Å². The third-order valence-electron chi connectivity index (χ3n) is 3.27. The number of ether oxygens (including phenoxy) is 1. The van der Waals surface area contributed by atoms with Gasteiger partial charge in [-0.2, -0.15) is 4.39 Å². The van der Waals surface area contributed by atoms with Gasteiger partial charge in [0.2, 0.25) is 5.95 Å². The Kier molecular flexibility index (Phi) is 6.29. The number of alkyl carbamates (subject to hydrolysis) is 1. The molecule has 4 nitrogen and oxygen atoms in total. The Labute approximate surface area is 135 Å². The Morgan fingerprint density at radius 2 is 2.09 bits per heavy atom. The molecule has 1 heterocycles. The van der Waals surface area contributed by atoms with Crippen LogP contribution < -0.4 is 5.32 Å². The molecule has 0 spiro atoms. The van der Waals surface area contributed by atoms with Crippen molar-refractivity contribution in [3.63, 3.8) is 0 Å². The molecule has 0 fully saturated rings. The predicted octanol–water partition coefficient (Wildman–Crippen LogP) is 3.86. The largest absolute Gasteiger partial charge is 0.445 e. The maximum Gasteiger partial charge on any atom is 0.407 e. The monoisotopic (exact) mass is 314 g/mol. The van der Waals surface area contributed by atoms with Gasteiger partial charge in [0.15, 0.2) is 0 Å². The highest BCUT2D eigenvalue weighted by molar-refractivity contribution is 5.67. The van der Waals surface area contributed by atoms with E-state index in [1.807, 2.05) is 42.5 Å². The van der Waals surface area contributed by atoms with Gasteiger partial charge in [-0.3, -0.25) is 0 Å². The summed E-state index contributed by atoms with van der Waals surface area (Å²) in [7, 11) is 0. The fourth-order valence-electron chi connectivity index (χ4n) is 1.95. The molecule has 1 aromatic heterocycles. The SMILES string of the molecule is Cc1c(C=CCCNC(=O)OCc2ccccc2)ccnc1F. The summed E-state index contributed by atoms with van der Waals surface area (Å²) in [5, 5.41) is 2.67. The summed E-state index contributed by atoms with van der Waals surface area (Å²) in [4.78, 5) is 15.1. The molecule has 1 N–H and O–H groups in total. The summed E-state index contributed by atoms with van der Waals surface area (Å²) >= 11 is 0. The number of carbonyl (C=O) groups is 1. The molecule has 0 aliphatic rings. The van der Waals surface area contributed by atoms with Crippen molar-refractivity contribution >= 4 is 12.2 Å². The lowest BCUT2D eigenvalue weighted by Crippen LogP contribution is -2.24. The van der Waals surface area contributed by atoms with E-state index in [1.165, 1.54) is 6.20 Å². The zero-order valence-corrected chi connectivity index (χ0v) is 13.0. The van der Waals surface area contributed by atoms with Gasteiger partial charge in [-0.05, 0) is 30.5 Å². The van der Waals surface area contributed by atoms with Gasteiger partial charge in [-0.15, -0.1) is 0 Å². The van der Waals surface area contributed by atoms with E-state index in [2.05, 4.69) is 10.3 Å². The molecule has 120 valence electrons. The van der Waals surface area contributed by atoms with Gasteiger partial charge < -0.3 is 10.1 Å². The van der Waals surface area contributed by atoms with Gasteiger partial charge in [-0.25, -0.2) is 9.78 Å². The summed E-state index contributed by atoms with van der Waals surface area (Å²) in [5.74, 6) is -0.463. The van der Waals surface area contributed by atoms with Crippen LogP contribution in [0.1, 0.15) is 23.1 Å². The molecule has 0 aliphatic heterocycles. The normalized spacial score (nSPS) is 10.7. The molecule has 1 aromatic carbocycles. The van der Waals surface area contributed by atoms with E-state index in [1.54, 1.807) is 13.0 Å². The lowest BCUT2D eigenvalue weighted by Gasteiger charge is -2.06. The molecule has 0 aliphatic carbocycles. The first-order chi connectivity index (χ1) is 11.2. The van der Waals surface area contributed by atoms with E-state index in [9.17, 15) is 9.18 Å². The standard InChI is InChI=1S/C18H19FN2O2/c1-14-16(10-12-20-17(14)19)9-5-6-11-21-18(22)23-13-15-7-3-2-4-8-15/h2-5,7-10,12H,6,11,13H2,1H3,(H,21,22). The van der Waals surface area contributed by atoms with E-state index in [0.717, 1.165) is 11.1 Å². The second-order valence-corrected chi connectivity index (χ2v) is 5.00. The molecule has 0 saturated carbocycles. The lowest BCUT2D eigenvalue weighted by atomic mass is 10.1. The Bertz CT molecular complexity index is 672. The first-order valence-electron chi connectivity index (χ1n) is 7.39. The molecule has 1 amide bonds. The van der Waals surface area contributed by atoms with Gasteiger partial charge >= 0.3 is 6.09 Å². The summed E-state index contributed by atoms with van der Waals surface area (Å²) in [6.45, 7) is 2.38. The van der Waals surface area contributed by atoms with Crippen molar-refractivity contribution in [1.29, 1.82) is 0 Å². The Morgan fingerprint density at radius 3 is 2.87 bits per heavy atom. The van der Waals surface area contributed by atoms with E-state index in [0.29, 0.717) is 18.5 Å². The number of aromatic nitrogens is 1. The van der Waals surface area contributed by atoms with Crippen LogP contribution in [0, 0.1) is 12.9 Å². The average molecular weight is 314 g/mol. The molecular weight excluding hydrogens is 295 g/mol. The van der Waals surface area contributed by atoms with Crippen LogP contribution in [0.2, 0.25) is 0 Å². The highest BCUT2D eigenvalue weighted by atomic mass is 19.1. The number of nitrogens with zero attached hydrogens (tertiary/aromatic N) is 1. The van der Waals surface area contributed by atoms with E-state index < -0.39 is 12.0 Å². The first kappa shape index (κ1) is 16.7. The van der Waals surface area contributed by atoms with Crippen molar-refractivity contribution in [2.45, 2.75) is 20.0 Å². The van der Waals surface area contributed by atoms with Crippen LogP contribution >= 0.6 is 0 Å². The highest BCUT2D eigenvalue weighted by Crippen LogP contribution is 2.11. The maximum atomic E-state index is 13.3. The molecule has 0 atom stereocenters. The van der Waals surface area contributed by atoms with Crippen molar-refractivity contribution in [1.82, 2.24) is 10.3 Å². The number of carbonyl (C=O) groups excluding carboxylic acids is 1. The Hall–Kier alpha value is -2.69. The number of nitrogens with one attached hydrogen (secondary N) is 1. The van der Waals surface area contributed by atoms with Crippen LogP contribution in [0.15, 0.2) is 48.7 Å². The van der Waals surface area contributed by atoms with Crippen LogP contribution in [-0.4, -0.2) is 17.6 Å². The van der Waals surface area contributed by atoms with Crippen LogP contribution in [-0.2, 0) is 11.3 Å². The number of pyridine rings is 1. The predicted molar refractivity (Wildman–Crippen MR) is 87.2 cm³/mol. The minimum atomic E-state index is -0.463. The fourth-order valence-corrected chi connectivity index (χ4v) is 1.95. The zero-order chi connectivity index (χ0) is 16.5. The molecule has 0 radical (unpaired) electrons. The molecular formula is C18H19FN2O2. The minimum Gasteiger partial charge on any atom is -0.445 e. The smallest absolute Gasteiger partial charge is 0.407 e. The van der Waals surface area contributed by atoms with Gasteiger partial charge in [0, 0.05) is 18.3 Å². The number of amides is 1. The first-order valence-corrected chi connectivity index (χ1v) is 7.39. The number of benzene rings is 1.